The Hall–Kier alpha value is -1.37. The van der Waals surface area contributed by atoms with E-state index in [0.717, 1.165) is 5.69 Å². The van der Waals surface area contributed by atoms with Gasteiger partial charge in [-0.1, -0.05) is 6.07 Å². The van der Waals surface area contributed by atoms with Crippen LogP contribution in [0.1, 0.15) is 33.8 Å². The van der Waals surface area contributed by atoms with Crippen LogP contribution in [0.2, 0.25) is 0 Å². The maximum atomic E-state index is 11.6. The molecule has 6 heteroatoms. The Balaban J connectivity index is 2.30. The van der Waals surface area contributed by atoms with Crippen molar-refractivity contribution >= 4 is 27.0 Å². The van der Waals surface area contributed by atoms with Gasteiger partial charge in [0.1, 0.15) is 0 Å². The summed E-state index contributed by atoms with van der Waals surface area (Å²) in [6.45, 7) is 7.97. The molecular weight excluding hydrogens is 304 g/mol. The topological polar surface area (TPSA) is 72.2 Å². The molecule has 0 bridgehead atoms. The summed E-state index contributed by atoms with van der Waals surface area (Å²) in [5.74, 6) is 0. The van der Waals surface area contributed by atoms with Crippen LogP contribution in [0.3, 0.4) is 0 Å². The Kier molecular flexibility index (Phi) is 4.41. The molecule has 0 spiro atoms. The molecule has 1 unspecified atom stereocenters. The molecule has 21 heavy (non-hydrogen) atoms. The van der Waals surface area contributed by atoms with Crippen molar-refractivity contribution in [3.63, 3.8) is 0 Å². The van der Waals surface area contributed by atoms with Crippen LogP contribution >= 0.6 is 11.3 Å². The maximum Gasteiger partial charge on any atom is 0.238 e. The zero-order valence-corrected chi connectivity index (χ0v) is 14.2. The number of primary sulfonamides is 1. The van der Waals surface area contributed by atoms with Gasteiger partial charge >= 0.3 is 0 Å². The van der Waals surface area contributed by atoms with Crippen LogP contribution < -0.4 is 10.5 Å². The van der Waals surface area contributed by atoms with E-state index in [1.807, 2.05) is 6.07 Å². The average molecular weight is 324 g/mol. The summed E-state index contributed by atoms with van der Waals surface area (Å²) in [6.07, 6.45) is 0. The fraction of sp³-hybridized carbons (Fsp3) is 0.333. The van der Waals surface area contributed by atoms with E-state index in [1.54, 1.807) is 30.4 Å². The fourth-order valence-electron chi connectivity index (χ4n) is 2.40. The first-order valence-corrected chi connectivity index (χ1v) is 9.01. The lowest BCUT2D eigenvalue weighted by molar-refractivity contribution is 0.597. The molecule has 1 aromatic heterocycles. The zero-order chi connectivity index (χ0) is 15.8. The summed E-state index contributed by atoms with van der Waals surface area (Å²) in [5, 5.41) is 8.58. The quantitative estimate of drug-likeness (QED) is 0.904. The molecule has 2 rings (SSSR count). The van der Waals surface area contributed by atoms with Gasteiger partial charge in [0.25, 0.3) is 0 Å². The van der Waals surface area contributed by atoms with Gasteiger partial charge in [-0.25, -0.2) is 13.6 Å². The number of hydrogen-bond acceptors (Lipinski definition) is 4. The molecule has 0 radical (unpaired) electrons. The lowest BCUT2D eigenvalue weighted by Crippen LogP contribution is -2.14. The fourth-order valence-corrected chi connectivity index (χ4v) is 4.23. The molecule has 0 saturated heterocycles. The van der Waals surface area contributed by atoms with Gasteiger partial charge < -0.3 is 5.32 Å². The van der Waals surface area contributed by atoms with E-state index >= 15 is 0 Å². The van der Waals surface area contributed by atoms with Gasteiger partial charge in [-0.2, -0.15) is 0 Å². The van der Waals surface area contributed by atoms with Gasteiger partial charge in [0.15, 0.2) is 0 Å². The predicted molar refractivity (Wildman–Crippen MR) is 88.4 cm³/mol. The van der Waals surface area contributed by atoms with Gasteiger partial charge in [-0.3, -0.25) is 0 Å². The Bertz CT molecular complexity index is 764. The first-order valence-electron chi connectivity index (χ1n) is 6.65. The van der Waals surface area contributed by atoms with E-state index in [0.29, 0.717) is 5.56 Å². The molecule has 0 fully saturated rings. The van der Waals surface area contributed by atoms with Gasteiger partial charge in [0, 0.05) is 21.5 Å². The summed E-state index contributed by atoms with van der Waals surface area (Å²) in [5.41, 5.74) is 2.63. The molecule has 2 aromatic rings. The zero-order valence-electron chi connectivity index (χ0n) is 12.6. The van der Waals surface area contributed by atoms with Gasteiger partial charge in [0.05, 0.1) is 4.90 Å². The van der Waals surface area contributed by atoms with Crippen LogP contribution in [0.4, 0.5) is 5.69 Å². The Morgan fingerprint density at radius 2 is 1.86 bits per heavy atom. The van der Waals surface area contributed by atoms with E-state index in [-0.39, 0.29) is 10.9 Å². The molecule has 1 aromatic carbocycles. The molecule has 1 atom stereocenters. The number of sulfonamides is 1. The van der Waals surface area contributed by atoms with E-state index in [2.05, 4.69) is 32.2 Å². The SMILES string of the molecule is Cc1cc(C(C)Nc2ccc(C)c(S(N)(=O)=O)c2)c(C)s1. The molecule has 0 aliphatic carbocycles. The summed E-state index contributed by atoms with van der Waals surface area (Å²) in [6, 6.07) is 7.49. The monoisotopic (exact) mass is 324 g/mol. The van der Waals surface area contributed by atoms with Crippen molar-refractivity contribution in [2.75, 3.05) is 5.32 Å². The minimum Gasteiger partial charge on any atom is -0.378 e. The number of nitrogens with one attached hydrogen (secondary N) is 1. The minimum atomic E-state index is -3.70. The van der Waals surface area contributed by atoms with Crippen LogP contribution in [0.15, 0.2) is 29.2 Å². The third kappa shape index (κ3) is 3.64. The second-order valence-corrected chi connectivity index (χ2v) is 8.25. The smallest absolute Gasteiger partial charge is 0.238 e. The first-order chi connectivity index (χ1) is 9.68. The van der Waals surface area contributed by atoms with Crippen molar-refractivity contribution < 1.29 is 8.42 Å². The highest BCUT2D eigenvalue weighted by atomic mass is 32.2. The standard InChI is InChI=1S/C15H20N2O2S2/c1-9-5-6-13(8-15(9)21(16,18)19)17-11(3)14-7-10(2)20-12(14)4/h5-8,11,17H,1-4H3,(H2,16,18,19). The number of aryl methyl sites for hydroxylation is 3. The summed E-state index contributed by atoms with van der Waals surface area (Å²) in [7, 11) is -3.70. The number of benzene rings is 1. The Labute approximate surface area is 130 Å². The normalized spacial score (nSPS) is 13.2. The van der Waals surface area contributed by atoms with Crippen molar-refractivity contribution in [2.24, 2.45) is 5.14 Å². The predicted octanol–water partition coefficient (Wildman–Crippen LogP) is 3.49. The maximum absolute atomic E-state index is 11.6. The molecule has 114 valence electrons. The third-order valence-corrected chi connectivity index (χ3v) is 5.46. The Morgan fingerprint density at radius 1 is 1.19 bits per heavy atom. The lowest BCUT2D eigenvalue weighted by atomic mass is 10.1. The second-order valence-electron chi connectivity index (χ2n) is 5.26. The number of rotatable bonds is 4. The van der Waals surface area contributed by atoms with E-state index in [9.17, 15) is 8.42 Å². The van der Waals surface area contributed by atoms with Crippen molar-refractivity contribution in [1.82, 2.24) is 0 Å². The molecule has 0 saturated carbocycles. The van der Waals surface area contributed by atoms with Crippen LogP contribution in [0.25, 0.3) is 0 Å². The summed E-state index contributed by atoms with van der Waals surface area (Å²) < 4.78 is 23.1. The van der Waals surface area contributed by atoms with Crippen LogP contribution in [0.5, 0.6) is 0 Å². The highest BCUT2D eigenvalue weighted by molar-refractivity contribution is 7.89. The molecule has 0 amide bonds. The number of nitrogens with two attached hydrogens (primary N) is 1. The first kappa shape index (κ1) is 16.0. The third-order valence-electron chi connectivity index (χ3n) is 3.42. The molecule has 4 nitrogen and oxygen atoms in total. The average Bonchev–Trinajstić information content (AvgIpc) is 2.69. The largest absolute Gasteiger partial charge is 0.378 e. The van der Waals surface area contributed by atoms with Crippen molar-refractivity contribution in [1.29, 1.82) is 0 Å². The highest BCUT2D eigenvalue weighted by Gasteiger charge is 2.15. The van der Waals surface area contributed by atoms with E-state index in [1.165, 1.54) is 15.3 Å². The summed E-state index contributed by atoms with van der Waals surface area (Å²) in [4.78, 5) is 2.70. The van der Waals surface area contributed by atoms with Crippen LogP contribution in [-0.4, -0.2) is 8.42 Å². The van der Waals surface area contributed by atoms with Crippen molar-refractivity contribution in [3.8, 4) is 0 Å². The minimum absolute atomic E-state index is 0.103. The lowest BCUT2D eigenvalue weighted by Gasteiger charge is -2.16. The molecular formula is C15H20N2O2S2. The highest BCUT2D eigenvalue weighted by Crippen LogP contribution is 2.29. The molecule has 1 heterocycles. The Morgan fingerprint density at radius 3 is 2.38 bits per heavy atom. The number of anilines is 1. The number of hydrogen-bond donors (Lipinski definition) is 2. The molecule has 0 aliphatic heterocycles. The van der Waals surface area contributed by atoms with Gasteiger partial charge in [0.2, 0.25) is 10.0 Å². The van der Waals surface area contributed by atoms with Gasteiger partial charge in [-0.05, 0) is 57.0 Å². The summed E-state index contributed by atoms with van der Waals surface area (Å²) >= 11 is 1.76. The van der Waals surface area contributed by atoms with Gasteiger partial charge in [-0.15, -0.1) is 11.3 Å². The van der Waals surface area contributed by atoms with Crippen molar-refractivity contribution in [3.05, 3.63) is 45.1 Å². The second kappa shape index (κ2) is 5.79. The van der Waals surface area contributed by atoms with E-state index in [4.69, 9.17) is 5.14 Å². The van der Waals surface area contributed by atoms with Crippen LogP contribution in [-0.2, 0) is 10.0 Å². The van der Waals surface area contributed by atoms with Crippen LogP contribution in [0, 0.1) is 20.8 Å². The number of thiophene rings is 1. The molecule has 3 N–H and O–H groups in total. The van der Waals surface area contributed by atoms with Crippen molar-refractivity contribution in [2.45, 2.75) is 38.6 Å². The van der Waals surface area contributed by atoms with E-state index < -0.39 is 10.0 Å². The molecule has 0 aliphatic rings.